The molecule has 1 amide bonds. The molecule has 116 valence electrons. The summed E-state index contributed by atoms with van der Waals surface area (Å²) in [4.78, 5) is 13.8. The van der Waals surface area contributed by atoms with Crippen molar-refractivity contribution in [2.75, 3.05) is 26.2 Å². The van der Waals surface area contributed by atoms with Crippen LogP contribution in [0.1, 0.15) is 39.5 Å². The van der Waals surface area contributed by atoms with Crippen LogP contribution in [0.25, 0.3) is 0 Å². The lowest BCUT2D eigenvalue weighted by atomic mass is 9.93. The summed E-state index contributed by atoms with van der Waals surface area (Å²) in [5, 5.41) is 2.95. The minimum atomic E-state index is -0.0415. The summed E-state index contributed by atoms with van der Waals surface area (Å²) in [7, 11) is 0. The van der Waals surface area contributed by atoms with Crippen molar-refractivity contribution in [1.82, 2.24) is 10.2 Å². The van der Waals surface area contributed by atoms with Gasteiger partial charge in [0.2, 0.25) is 5.91 Å². The third kappa shape index (κ3) is 6.80. The predicted molar refractivity (Wildman–Crippen MR) is 85.2 cm³/mol. The fourth-order valence-electron chi connectivity index (χ4n) is 2.79. The lowest BCUT2D eigenvalue weighted by Gasteiger charge is -2.33. The lowest BCUT2D eigenvalue weighted by Crippen LogP contribution is -2.47. The Morgan fingerprint density at radius 3 is 2.16 bits per heavy atom. The number of carbonyl (C=O) groups excluding carboxylic acids is 1. The van der Waals surface area contributed by atoms with E-state index in [1.54, 1.807) is 0 Å². The van der Waals surface area contributed by atoms with E-state index < -0.39 is 0 Å². The number of amides is 1. The Morgan fingerprint density at radius 2 is 1.74 bits per heavy atom. The average molecular weight is 314 g/mol. The fraction of sp³-hybridized carbons (Fsp3) is 0.923. The van der Waals surface area contributed by atoms with Crippen LogP contribution >= 0.6 is 24.8 Å². The second-order valence-corrected chi connectivity index (χ2v) is 4.90. The van der Waals surface area contributed by atoms with E-state index >= 15 is 0 Å². The maximum atomic E-state index is 11.3. The number of halogens is 2. The monoisotopic (exact) mass is 313 g/mol. The van der Waals surface area contributed by atoms with E-state index in [1.807, 2.05) is 0 Å². The molecule has 0 aromatic rings. The number of nitrogens with zero attached hydrogens (tertiary/aromatic N) is 1. The van der Waals surface area contributed by atoms with Gasteiger partial charge in [-0.15, -0.1) is 24.8 Å². The van der Waals surface area contributed by atoms with Gasteiger partial charge in [-0.3, -0.25) is 9.69 Å². The summed E-state index contributed by atoms with van der Waals surface area (Å²) in [6.07, 6.45) is 4.94. The highest BCUT2D eigenvalue weighted by Gasteiger charge is 2.27. The topological polar surface area (TPSA) is 58.4 Å². The number of rotatable bonds is 7. The van der Waals surface area contributed by atoms with E-state index in [1.165, 1.54) is 38.8 Å². The van der Waals surface area contributed by atoms with Crippen LogP contribution in [-0.2, 0) is 4.79 Å². The van der Waals surface area contributed by atoms with Crippen LogP contribution < -0.4 is 11.1 Å². The quantitative estimate of drug-likeness (QED) is 0.753. The molecule has 1 aliphatic heterocycles. The zero-order chi connectivity index (χ0) is 12.7. The van der Waals surface area contributed by atoms with Crippen LogP contribution in [0.3, 0.4) is 0 Å². The van der Waals surface area contributed by atoms with Crippen molar-refractivity contribution < 1.29 is 4.79 Å². The summed E-state index contributed by atoms with van der Waals surface area (Å²) < 4.78 is 0. The van der Waals surface area contributed by atoms with Crippen molar-refractivity contribution in [3.05, 3.63) is 0 Å². The van der Waals surface area contributed by atoms with E-state index in [2.05, 4.69) is 24.1 Å². The van der Waals surface area contributed by atoms with E-state index in [-0.39, 0.29) is 37.3 Å². The molecule has 0 bridgehead atoms. The second-order valence-electron chi connectivity index (χ2n) is 4.90. The van der Waals surface area contributed by atoms with Crippen molar-refractivity contribution >= 4 is 30.7 Å². The Balaban J connectivity index is 0. The molecule has 0 aliphatic carbocycles. The van der Waals surface area contributed by atoms with Gasteiger partial charge < -0.3 is 11.1 Å². The smallest absolute Gasteiger partial charge is 0.233 e. The van der Waals surface area contributed by atoms with Gasteiger partial charge in [0.1, 0.15) is 0 Å². The van der Waals surface area contributed by atoms with Gasteiger partial charge in [-0.25, -0.2) is 0 Å². The first-order chi connectivity index (χ1) is 8.22. The molecule has 0 saturated carbocycles. The van der Waals surface area contributed by atoms with Crippen LogP contribution in [0.4, 0.5) is 0 Å². The minimum absolute atomic E-state index is 0. The molecular weight excluding hydrogens is 285 g/mol. The molecule has 3 N–H and O–H groups in total. The average Bonchev–Trinajstić information content (AvgIpc) is 2.87. The molecule has 6 heteroatoms. The molecule has 1 rings (SSSR count). The molecule has 4 nitrogen and oxygen atoms in total. The number of likely N-dealkylation sites (tertiary alicyclic amines) is 1. The van der Waals surface area contributed by atoms with Crippen LogP contribution in [0, 0.1) is 5.92 Å². The van der Waals surface area contributed by atoms with Gasteiger partial charge in [-0.05, 0) is 31.8 Å². The van der Waals surface area contributed by atoms with Gasteiger partial charge in [0.05, 0.1) is 6.54 Å². The molecule has 1 unspecified atom stereocenters. The van der Waals surface area contributed by atoms with Gasteiger partial charge in [0.25, 0.3) is 0 Å². The van der Waals surface area contributed by atoms with Crippen LogP contribution in [0.2, 0.25) is 0 Å². The highest BCUT2D eigenvalue weighted by atomic mass is 35.5. The number of carbonyl (C=O) groups is 1. The summed E-state index contributed by atoms with van der Waals surface area (Å²) >= 11 is 0. The SMILES string of the molecule is CCC(CC)C(CNC(=O)CN)N1CCCC1.Cl.Cl. The molecule has 1 heterocycles. The highest BCUT2D eigenvalue weighted by Crippen LogP contribution is 2.22. The van der Waals surface area contributed by atoms with Gasteiger partial charge in [-0.2, -0.15) is 0 Å². The van der Waals surface area contributed by atoms with Gasteiger partial charge in [0.15, 0.2) is 0 Å². The fourth-order valence-corrected chi connectivity index (χ4v) is 2.79. The van der Waals surface area contributed by atoms with Crippen LogP contribution in [0.15, 0.2) is 0 Å². The Kier molecular flexibility index (Phi) is 13.2. The predicted octanol–water partition coefficient (Wildman–Crippen LogP) is 1.81. The maximum Gasteiger partial charge on any atom is 0.233 e. The van der Waals surface area contributed by atoms with Gasteiger partial charge in [0, 0.05) is 12.6 Å². The molecule has 1 saturated heterocycles. The highest BCUT2D eigenvalue weighted by molar-refractivity contribution is 5.85. The number of nitrogens with one attached hydrogen (secondary N) is 1. The Bertz CT molecular complexity index is 230. The Hall–Kier alpha value is -0.0300. The zero-order valence-corrected chi connectivity index (χ0v) is 13.7. The van der Waals surface area contributed by atoms with E-state index in [0.29, 0.717) is 12.0 Å². The van der Waals surface area contributed by atoms with E-state index in [4.69, 9.17) is 5.73 Å². The molecule has 0 aromatic carbocycles. The molecule has 1 atom stereocenters. The molecule has 0 spiro atoms. The first-order valence-electron chi connectivity index (χ1n) is 6.93. The summed E-state index contributed by atoms with van der Waals surface area (Å²) in [5.74, 6) is 0.631. The summed E-state index contributed by atoms with van der Waals surface area (Å²) in [6, 6.07) is 0.489. The molecular formula is C13H29Cl2N3O. The van der Waals surface area contributed by atoms with Crippen LogP contribution in [0.5, 0.6) is 0 Å². The molecule has 19 heavy (non-hydrogen) atoms. The normalized spacial score (nSPS) is 16.6. The number of hydrogen-bond acceptors (Lipinski definition) is 3. The molecule has 1 aliphatic rings. The standard InChI is InChI=1S/C13H27N3O.2ClH/c1-3-11(4-2)12(10-15-13(17)9-14)16-7-5-6-8-16;;/h11-12H,3-10,14H2,1-2H3,(H,15,17);2*1H. The number of hydrogen-bond donors (Lipinski definition) is 2. The largest absolute Gasteiger partial charge is 0.353 e. The van der Waals surface area contributed by atoms with Crippen molar-refractivity contribution in [3.8, 4) is 0 Å². The van der Waals surface area contributed by atoms with Crippen molar-refractivity contribution in [1.29, 1.82) is 0 Å². The second kappa shape index (κ2) is 11.8. The zero-order valence-electron chi connectivity index (χ0n) is 12.1. The Labute approximate surface area is 129 Å². The first kappa shape index (κ1) is 21.3. The third-order valence-corrected chi connectivity index (χ3v) is 3.90. The Morgan fingerprint density at radius 1 is 1.21 bits per heavy atom. The van der Waals surface area contributed by atoms with Gasteiger partial charge in [-0.1, -0.05) is 26.7 Å². The minimum Gasteiger partial charge on any atom is -0.353 e. The third-order valence-electron chi connectivity index (χ3n) is 3.90. The summed E-state index contributed by atoms with van der Waals surface area (Å²) in [6.45, 7) is 7.68. The van der Waals surface area contributed by atoms with Crippen molar-refractivity contribution in [3.63, 3.8) is 0 Å². The molecule has 1 fully saturated rings. The van der Waals surface area contributed by atoms with E-state index in [0.717, 1.165) is 6.54 Å². The van der Waals surface area contributed by atoms with Crippen molar-refractivity contribution in [2.24, 2.45) is 11.7 Å². The van der Waals surface area contributed by atoms with Crippen LogP contribution in [-0.4, -0.2) is 43.0 Å². The summed E-state index contributed by atoms with van der Waals surface area (Å²) in [5.41, 5.74) is 5.33. The number of nitrogens with two attached hydrogens (primary N) is 1. The molecule has 0 aromatic heterocycles. The van der Waals surface area contributed by atoms with Gasteiger partial charge >= 0.3 is 0 Å². The van der Waals surface area contributed by atoms with E-state index in [9.17, 15) is 4.79 Å². The lowest BCUT2D eigenvalue weighted by molar-refractivity contribution is -0.120. The first-order valence-corrected chi connectivity index (χ1v) is 6.93. The van der Waals surface area contributed by atoms with Crippen molar-refractivity contribution in [2.45, 2.75) is 45.6 Å². The maximum absolute atomic E-state index is 11.3. The molecule has 0 radical (unpaired) electrons.